The number of methoxy groups -OCH3 is 2. The molecule has 0 aromatic heterocycles. The number of ether oxygens (including phenoxy) is 3. The highest BCUT2D eigenvalue weighted by Gasteiger charge is 2.20. The van der Waals surface area contributed by atoms with Gasteiger partial charge >= 0.3 is 0 Å². The van der Waals surface area contributed by atoms with E-state index in [-0.39, 0.29) is 18.1 Å². The molecule has 0 bridgehead atoms. The first-order valence-corrected chi connectivity index (χ1v) is 9.94. The van der Waals surface area contributed by atoms with Crippen molar-refractivity contribution in [2.24, 2.45) is 0 Å². The molecule has 1 unspecified atom stereocenters. The third kappa shape index (κ3) is 4.77. The molecule has 3 rings (SSSR count). The molecule has 5 heteroatoms. The molecule has 0 aliphatic heterocycles. The number of hydrogen-bond acceptors (Lipinski definition) is 4. The van der Waals surface area contributed by atoms with Crippen LogP contribution in [0.15, 0.2) is 42.5 Å². The minimum Gasteiger partial charge on any atom is -0.497 e. The molecule has 28 heavy (non-hydrogen) atoms. The normalized spacial score (nSPS) is 15.1. The van der Waals surface area contributed by atoms with Crippen LogP contribution in [0.25, 0.3) is 0 Å². The van der Waals surface area contributed by atoms with Gasteiger partial charge in [0.15, 0.2) is 11.5 Å². The monoisotopic (exact) mass is 383 g/mol. The third-order valence-corrected chi connectivity index (χ3v) is 5.25. The van der Waals surface area contributed by atoms with Gasteiger partial charge in [-0.05, 0) is 68.0 Å². The molecule has 0 heterocycles. The van der Waals surface area contributed by atoms with E-state index in [0.29, 0.717) is 17.1 Å². The summed E-state index contributed by atoms with van der Waals surface area (Å²) in [5.74, 6) is 1.96. The molecule has 5 nitrogen and oxygen atoms in total. The second-order valence-electron chi connectivity index (χ2n) is 7.10. The highest BCUT2D eigenvalue weighted by molar-refractivity contribution is 5.95. The SMILES string of the molecule is CCC(NC(=O)c1ccc(OC2CCCC2)c(OC)c1)c1ccc(OC)cc1. The van der Waals surface area contributed by atoms with Gasteiger partial charge in [-0.2, -0.15) is 0 Å². The molecule has 2 aromatic rings. The molecule has 1 aliphatic rings. The Morgan fingerprint density at radius 2 is 1.75 bits per heavy atom. The van der Waals surface area contributed by atoms with Crippen molar-refractivity contribution in [2.75, 3.05) is 14.2 Å². The maximum absolute atomic E-state index is 12.8. The molecule has 0 saturated heterocycles. The Kier molecular flexibility index (Phi) is 6.80. The summed E-state index contributed by atoms with van der Waals surface area (Å²) in [5, 5.41) is 3.10. The molecule has 0 radical (unpaired) electrons. The molecule has 1 fully saturated rings. The van der Waals surface area contributed by atoms with Gasteiger partial charge in [-0.3, -0.25) is 4.79 Å². The van der Waals surface area contributed by atoms with E-state index in [1.807, 2.05) is 37.3 Å². The van der Waals surface area contributed by atoms with Crippen molar-refractivity contribution in [3.8, 4) is 17.2 Å². The van der Waals surface area contributed by atoms with Crippen LogP contribution in [0, 0.1) is 0 Å². The van der Waals surface area contributed by atoms with Crippen molar-refractivity contribution in [3.05, 3.63) is 53.6 Å². The zero-order valence-corrected chi connectivity index (χ0v) is 16.9. The first-order chi connectivity index (χ1) is 13.6. The minimum atomic E-state index is -0.131. The fourth-order valence-electron chi connectivity index (χ4n) is 3.59. The predicted octanol–water partition coefficient (Wildman–Crippen LogP) is 4.91. The fourth-order valence-corrected chi connectivity index (χ4v) is 3.59. The van der Waals surface area contributed by atoms with Crippen molar-refractivity contribution in [2.45, 2.75) is 51.2 Å². The predicted molar refractivity (Wildman–Crippen MR) is 109 cm³/mol. The van der Waals surface area contributed by atoms with Gasteiger partial charge in [0.1, 0.15) is 5.75 Å². The van der Waals surface area contributed by atoms with Gasteiger partial charge in [0.2, 0.25) is 0 Å². The topological polar surface area (TPSA) is 56.8 Å². The lowest BCUT2D eigenvalue weighted by Crippen LogP contribution is -2.28. The van der Waals surface area contributed by atoms with Gasteiger partial charge in [-0.1, -0.05) is 19.1 Å². The first kappa shape index (κ1) is 20.1. The molecule has 1 saturated carbocycles. The Labute approximate surface area is 167 Å². The second-order valence-corrected chi connectivity index (χ2v) is 7.10. The van der Waals surface area contributed by atoms with Crippen molar-refractivity contribution < 1.29 is 19.0 Å². The molecule has 150 valence electrons. The van der Waals surface area contributed by atoms with Crippen molar-refractivity contribution in [1.29, 1.82) is 0 Å². The summed E-state index contributed by atoms with van der Waals surface area (Å²) < 4.78 is 16.7. The van der Waals surface area contributed by atoms with Gasteiger partial charge in [-0.15, -0.1) is 0 Å². The molecule has 1 aliphatic carbocycles. The molecule has 0 spiro atoms. The van der Waals surface area contributed by atoms with Gasteiger partial charge in [0.25, 0.3) is 5.91 Å². The standard InChI is InChI=1S/C23H29NO4/c1-4-20(16-9-12-18(26-2)13-10-16)24-23(25)17-11-14-21(22(15-17)27-3)28-19-7-5-6-8-19/h9-15,19-20H,4-8H2,1-3H3,(H,24,25). The average molecular weight is 383 g/mol. The summed E-state index contributed by atoms with van der Waals surface area (Å²) in [7, 11) is 3.24. The number of benzene rings is 2. The summed E-state index contributed by atoms with van der Waals surface area (Å²) in [6.45, 7) is 2.05. The van der Waals surface area contributed by atoms with Crippen LogP contribution in [-0.2, 0) is 0 Å². The molecule has 2 aromatic carbocycles. The Hall–Kier alpha value is -2.69. The summed E-state index contributed by atoms with van der Waals surface area (Å²) in [6.07, 6.45) is 5.59. The molecule has 1 atom stereocenters. The lowest BCUT2D eigenvalue weighted by Gasteiger charge is -2.19. The summed E-state index contributed by atoms with van der Waals surface area (Å²) in [4.78, 5) is 12.8. The lowest BCUT2D eigenvalue weighted by molar-refractivity contribution is 0.0935. The maximum Gasteiger partial charge on any atom is 0.251 e. The fraction of sp³-hybridized carbons (Fsp3) is 0.435. The lowest BCUT2D eigenvalue weighted by atomic mass is 10.0. The summed E-state index contributed by atoms with van der Waals surface area (Å²) in [5.41, 5.74) is 1.60. The van der Waals surface area contributed by atoms with Crippen molar-refractivity contribution >= 4 is 5.91 Å². The first-order valence-electron chi connectivity index (χ1n) is 9.94. The molecule has 1 amide bonds. The maximum atomic E-state index is 12.8. The average Bonchev–Trinajstić information content (AvgIpc) is 3.25. The number of amides is 1. The summed E-state index contributed by atoms with van der Waals surface area (Å²) in [6, 6.07) is 13.1. The van der Waals surface area contributed by atoms with E-state index in [1.165, 1.54) is 12.8 Å². The van der Waals surface area contributed by atoms with Gasteiger partial charge < -0.3 is 19.5 Å². The van der Waals surface area contributed by atoms with Gasteiger partial charge in [0.05, 0.1) is 26.4 Å². The molecular formula is C23H29NO4. The van der Waals surface area contributed by atoms with Crippen LogP contribution < -0.4 is 19.5 Å². The molecular weight excluding hydrogens is 354 g/mol. The van der Waals surface area contributed by atoms with E-state index in [2.05, 4.69) is 5.32 Å². The van der Waals surface area contributed by atoms with Crippen LogP contribution in [0.2, 0.25) is 0 Å². The van der Waals surface area contributed by atoms with Crippen LogP contribution in [0.1, 0.15) is 61.0 Å². The van der Waals surface area contributed by atoms with E-state index in [4.69, 9.17) is 14.2 Å². The van der Waals surface area contributed by atoms with Crippen LogP contribution >= 0.6 is 0 Å². The highest BCUT2D eigenvalue weighted by Crippen LogP contribution is 2.32. The number of carbonyl (C=O) groups is 1. The van der Waals surface area contributed by atoms with E-state index in [0.717, 1.165) is 30.6 Å². The second kappa shape index (κ2) is 9.49. The Morgan fingerprint density at radius 1 is 1.04 bits per heavy atom. The minimum absolute atomic E-state index is 0.0705. The van der Waals surface area contributed by atoms with E-state index in [1.54, 1.807) is 26.4 Å². The highest BCUT2D eigenvalue weighted by atomic mass is 16.5. The van der Waals surface area contributed by atoms with Crippen molar-refractivity contribution in [1.82, 2.24) is 5.32 Å². The number of hydrogen-bond donors (Lipinski definition) is 1. The molecule has 1 N–H and O–H groups in total. The van der Waals surface area contributed by atoms with Crippen molar-refractivity contribution in [3.63, 3.8) is 0 Å². The Morgan fingerprint density at radius 3 is 2.36 bits per heavy atom. The Bertz CT molecular complexity index is 782. The van der Waals surface area contributed by atoms with Crippen LogP contribution in [0.4, 0.5) is 0 Å². The van der Waals surface area contributed by atoms with Crippen LogP contribution in [0.5, 0.6) is 17.2 Å². The Balaban J connectivity index is 1.71. The smallest absolute Gasteiger partial charge is 0.251 e. The zero-order chi connectivity index (χ0) is 19.9. The van der Waals surface area contributed by atoms with Gasteiger partial charge in [0, 0.05) is 5.56 Å². The van der Waals surface area contributed by atoms with E-state index < -0.39 is 0 Å². The van der Waals surface area contributed by atoms with Crippen LogP contribution in [-0.4, -0.2) is 26.2 Å². The number of carbonyl (C=O) groups excluding carboxylic acids is 1. The van der Waals surface area contributed by atoms with E-state index >= 15 is 0 Å². The quantitative estimate of drug-likeness (QED) is 0.704. The largest absolute Gasteiger partial charge is 0.497 e. The van der Waals surface area contributed by atoms with E-state index in [9.17, 15) is 4.79 Å². The number of nitrogens with one attached hydrogen (secondary N) is 1. The zero-order valence-electron chi connectivity index (χ0n) is 16.9. The van der Waals surface area contributed by atoms with Gasteiger partial charge in [-0.25, -0.2) is 0 Å². The van der Waals surface area contributed by atoms with Crippen LogP contribution in [0.3, 0.4) is 0 Å². The number of rotatable bonds is 8. The summed E-state index contributed by atoms with van der Waals surface area (Å²) >= 11 is 0. The third-order valence-electron chi connectivity index (χ3n) is 5.25.